The summed E-state index contributed by atoms with van der Waals surface area (Å²) in [6.07, 6.45) is 5.88. The van der Waals surface area contributed by atoms with Crippen molar-refractivity contribution in [3.63, 3.8) is 0 Å². The van der Waals surface area contributed by atoms with Crippen molar-refractivity contribution in [3.8, 4) is 0 Å². The first-order valence-electron chi connectivity index (χ1n) is 22.9. The van der Waals surface area contributed by atoms with Gasteiger partial charge >= 0.3 is 12.0 Å². The number of carbonyl (C=O) groups is 9. The molecule has 3 aliphatic rings. The molecular formula is C45H59N7O13S4. The van der Waals surface area contributed by atoms with Gasteiger partial charge < -0.3 is 36.7 Å². The molecule has 20 nitrogen and oxygen atoms in total. The molecule has 7 N–H and O–H groups in total. The molecule has 3 fully saturated rings. The van der Waals surface area contributed by atoms with Gasteiger partial charge in [-0.2, -0.15) is 20.2 Å². The minimum absolute atomic E-state index is 0.0135. The number of imide groups is 1. The Bertz CT molecular complexity index is 2260. The van der Waals surface area contributed by atoms with Crippen LogP contribution in [0.1, 0.15) is 110 Å². The normalized spacial score (nSPS) is 19.0. The summed E-state index contributed by atoms with van der Waals surface area (Å²) < 4.78 is 31.7. The molecule has 0 aliphatic carbocycles. The van der Waals surface area contributed by atoms with Crippen LogP contribution in [0.5, 0.6) is 0 Å². The van der Waals surface area contributed by atoms with E-state index in [1.807, 2.05) is 11.8 Å². The van der Waals surface area contributed by atoms with Crippen LogP contribution in [0.25, 0.3) is 0 Å². The number of nitrogens with one attached hydrogen (secondary N) is 6. The molecular weight excluding hydrogens is 975 g/mol. The van der Waals surface area contributed by atoms with Gasteiger partial charge in [0, 0.05) is 71.7 Å². The Balaban J connectivity index is 0.959. The quantitative estimate of drug-likeness (QED) is 0.0148. The van der Waals surface area contributed by atoms with Crippen LogP contribution >= 0.6 is 33.3 Å². The summed E-state index contributed by atoms with van der Waals surface area (Å²) >= 11 is 1.87. The van der Waals surface area contributed by atoms with Crippen LogP contribution in [0.4, 0.5) is 4.79 Å². The first-order chi connectivity index (χ1) is 33.1. The zero-order chi connectivity index (χ0) is 49.8. The second kappa shape index (κ2) is 27.9. The Morgan fingerprint density at radius 3 is 2.07 bits per heavy atom. The number of urea groups is 1. The molecule has 0 aromatic heterocycles. The van der Waals surface area contributed by atoms with Gasteiger partial charge in [0.15, 0.2) is 11.0 Å². The molecule has 5 rings (SSSR count). The van der Waals surface area contributed by atoms with Crippen molar-refractivity contribution in [3.05, 3.63) is 71.3 Å². The molecule has 8 amide bonds. The highest BCUT2D eigenvalue weighted by Crippen LogP contribution is 2.33. The van der Waals surface area contributed by atoms with Gasteiger partial charge in [-0.3, -0.25) is 38.1 Å². The van der Waals surface area contributed by atoms with Gasteiger partial charge in [0.2, 0.25) is 17.7 Å². The highest BCUT2D eigenvalue weighted by Gasteiger charge is 2.48. The van der Waals surface area contributed by atoms with E-state index in [4.69, 9.17) is 9.39 Å². The molecule has 0 radical (unpaired) electrons. The standard InChI is InChI=1S/C45H59N7O13S4/c53-36(15-5-2-9-22-46-37(54)16-7-6-14-34-40-33(28-66-34)50-45(61)51-40)47-23-10-8-13-32(49-42(58)31-19-17-30(18-20-31)41(57)29-11-3-1-4-12-29)43(59)48-24-26-68-67-25-21-39(56)65-52-38(55)27-35(44(52)60)69(62,63)64/h1,3-4,11-12,17-20,32-35,40H,2,5-10,13-16,21-28H2,(H,46,54)(H,47,53)(H,48,59)(H,49,58)(H2,50,51,61)(H,62,63,64)/t32-,33-,34-,35?,40-/m0/s1. The Labute approximate surface area is 412 Å². The molecule has 2 aromatic carbocycles. The molecule has 0 spiro atoms. The van der Waals surface area contributed by atoms with Gasteiger partial charge in [-0.25, -0.2) is 9.59 Å². The number of nitrogens with zero attached hydrogens (tertiary/aromatic N) is 1. The van der Waals surface area contributed by atoms with Crippen LogP contribution in [0.15, 0.2) is 54.6 Å². The topological polar surface area (TPSA) is 293 Å². The summed E-state index contributed by atoms with van der Waals surface area (Å²) in [6, 6.07) is 14.2. The molecule has 0 bridgehead atoms. The zero-order valence-corrected chi connectivity index (χ0v) is 41.2. The summed E-state index contributed by atoms with van der Waals surface area (Å²) in [6.45, 7) is 1.11. The fourth-order valence-corrected chi connectivity index (χ4v) is 11.8. The van der Waals surface area contributed by atoms with Crippen molar-refractivity contribution in [2.75, 3.05) is 36.9 Å². The minimum Gasteiger partial charge on any atom is -0.356 e. The molecule has 5 atom stereocenters. The van der Waals surface area contributed by atoms with Gasteiger partial charge in [-0.1, -0.05) is 76.9 Å². The third-order valence-corrected chi connectivity index (χ3v) is 16.4. The molecule has 376 valence electrons. The molecule has 24 heteroatoms. The number of fused-ring (bicyclic) bond motifs is 1. The minimum atomic E-state index is -4.85. The average molecular weight is 1030 g/mol. The van der Waals surface area contributed by atoms with Gasteiger partial charge in [-0.05, 0) is 57.1 Å². The lowest BCUT2D eigenvalue weighted by Crippen LogP contribution is -2.47. The van der Waals surface area contributed by atoms with E-state index in [0.29, 0.717) is 67.3 Å². The van der Waals surface area contributed by atoms with Gasteiger partial charge in [0.1, 0.15) is 6.04 Å². The van der Waals surface area contributed by atoms with Gasteiger partial charge in [0.05, 0.1) is 24.9 Å². The zero-order valence-electron chi connectivity index (χ0n) is 37.9. The summed E-state index contributed by atoms with van der Waals surface area (Å²) in [5.41, 5.74) is 1.14. The fraction of sp³-hybridized carbons (Fsp3) is 0.533. The Kier molecular flexibility index (Phi) is 22.1. The van der Waals surface area contributed by atoms with E-state index < -0.39 is 57.4 Å². The molecule has 1 unspecified atom stereocenters. The van der Waals surface area contributed by atoms with Crippen LogP contribution in [0, 0.1) is 0 Å². The van der Waals surface area contributed by atoms with Crippen LogP contribution in [-0.4, -0.2) is 137 Å². The first kappa shape index (κ1) is 54.8. The average Bonchev–Trinajstić information content (AvgIpc) is 3.98. The lowest BCUT2D eigenvalue weighted by atomic mass is 10.0. The number of rotatable bonds is 30. The molecule has 3 aliphatic heterocycles. The number of amides is 8. The lowest BCUT2D eigenvalue weighted by Gasteiger charge is -2.19. The highest BCUT2D eigenvalue weighted by atomic mass is 33.1. The number of carbonyl (C=O) groups excluding carboxylic acids is 9. The molecule has 0 saturated carbocycles. The SMILES string of the molecule is O=C(CCCCCNC(=O)CCCC[C@@H]1SC[C@@H]2NC(=O)N[C@@H]21)NCCCC[C@H](NC(=O)c1ccc(C(=O)c2ccccc2)cc1)C(=O)NCCSSCCC(=O)ON1C(=O)CC(S(=O)(=O)O)C1=O. The summed E-state index contributed by atoms with van der Waals surface area (Å²) in [5, 5.41) is 15.8. The Hall–Kier alpha value is -5.17. The Morgan fingerprint density at radius 2 is 1.39 bits per heavy atom. The first-order valence-corrected chi connectivity index (χ1v) is 27.9. The second-order valence-corrected chi connectivity index (χ2v) is 22.1. The van der Waals surface area contributed by atoms with E-state index in [2.05, 4.69) is 31.9 Å². The van der Waals surface area contributed by atoms with E-state index in [0.717, 1.165) is 37.9 Å². The second-order valence-electron chi connectivity index (χ2n) is 16.6. The molecule has 3 heterocycles. The van der Waals surface area contributed by atoms with E-state index in [1.54, 1.807) is 42.5 Å². The smallest absolute Gasteiger partial charge is 0.334 e. The summed E-state index contributed by atoms with van der Waals surface area (Å²) in [5.74, 6) is -3.13. The van der Waals surface area contributed by atoms with Crippen LogP contribution in [-0.2, 0) is 43.7 Å². The van der Waals surface area contributed by atoms with Gasteiger partial charge in [0.25, 0.3) is 27.8 Å². The number of benzene rings is 2. The lowest BCUT2D eigenvalue weighted by molar-refractivity contribution is -0.197. The van der Waals surface area contributed by atoms with Crippen molar-refractivity contribution >= 4 is 96.7 Å². The number of thioether (sulfide) groups is 1. The number of ketones is 1. The third-order valence-electron chi connectivity index (χ3n) is 11.4. The number of unbranched alkanes of at least 4 members (excludes halogenated alkanes) is 4. The van der Waals surface area contributed by atoms with Crippen LogP contribution in [0.3, 0.4) is 0 Å². The van der Waals surface area contributed by atoms with Crippen molar-refractivity contribution < 1.29 is 61.0 Å². The maximum Gasteiger partial charge on any atom is 0.334 e. The summed E-state index contributed by atoms with van der Waals surface area (Å²) in [7, 11) is -2.30. The fourth-order valence-electron chi connectivity index (χ4n) is 7.65. The van der Waals surface area contributed by atoms with E-state index in [1.165, 1.54) is 33.7 Å². The highest BCUT2D eigenvalue weighted by molar-refractivity contribution is 8.76. The van der Waals surface area contributed by atoms with Crippen molar-refractivity contribution in [2.45, 2.75) is 112 Å². The number of hydrogen-bond acceptors (Lipinski definition) is 15. The third kappa shape index (κ3) is 17.9. The molecule has 69 heavy (non-hydrogen) atoms. The largest absolute Gasteiger partial charge is 0.356 e. The maximum absolute atomic E-state index is 13.4. The van der Waals surface area contributed by atoms with Crippen molar-refractivity contribution in [1.82, 2.24) is 37.0 Å². The van der Waals surface area contributed by atoms with E-state index in [9.17, 15) is 51.6 Å². The van der Waals surface area contributed by atoms with Crippen LogP contribution in [0.2, 0.25) is 0 Å². The van der Waals surface area contributed by atoms with E-state index in [-0.39, 0.29) is 71.5 Å². The predicted molar refractivity (Wildman–Crippen MR) is 260 cm³/mol. The van der Waals surface area contributed by atoms with Crippen molar-refractivity contribution in [2.24, 2.45) is 0 Å². The van der Waals surface area contributed by atoms with Crippen LogP contribution < -0.4 is 31.9 Å². The Morgan fingerprint density at radius 1 is 0.754 bits per heavy atom. The predicted octanol–water partition coefficient (Wildman–Crippen LogP) is 3.07. The summed E-state index contributed by atoms with van der Waals surface area (Å²) in [4.78, 5) is 117. The molecule has 3 saturated heterocycles. The van der Waals surface area contributed by atoms with Gasteiger partial charge in [-0.15, -0.1) is 5.06 Å². The maximum atomic E-state index is 13.4. The molecule has 2 aromatic rings. The number of hydrogen-bond donors (Lipinski definition) is 7. The number of hydroxylamine groups is 2. The van der Waals surface area contributed by atoms with E-state index >= 15 is 0 Å². The van der Waals surface area contributed by atoms with Crippen molar-refractivity contribution in [1.29, 1.82) is 0 Å². The monoisotopic (exact) mass is 1030 g/mol.